The Hall–Kier alpha value is -2.93. The van der Waals surface area contributed by atoms with Gasteiger partial charge in [0.2, 0.25) is 5.75 Å². The number of hydrogen-bond donors (Lipinski definition) is 1. The first-order valence-corrected chi connectivity index (χ1v) is 10.3. The van der Waals surface area contributed by atoms with Crippen molar-refractivity contribution >= 4 is 21.9 Å². The number of nitrogens with zero attached hydrogens (tertiary/aromatic N) is 1. The molecule has 0 fully saturated rings. The molecular weight excluding hydrogens is 448 g/mol. The Kier molecular flexibility index (Phi) is 6.72. The summed E-state index contributed by atoms with van der Waals surface area (Å²) in [6, 6.07) is 17.0. The molecule has 0 saturated carbocycles. The quantitative estimate of drug-likeness (QED) is 0.529. The van der Waals surface area contributed by atoms with Crippen molar-refractivity contribution < 1.29 is 14.3 Å². The number of aromatic amines is 1. The largest absolute Gasteiger partial charge is 0.481 e. The second-order valence-corrected chi connectivity index (χ2v) is 8.69. The summed E-state index contributed by atoms with van der Waals surface area (Å²) in [6.07, 6.45) is 0.358. The summed E-state index contributed by atoms with van der Waals surface area (Å²) in [7, 11) is 0. The average Bonchev–Trinajstić information content (AvgIpc) is 2.68. The van der Waals surface area contributed by atoms with Crippen molar-refractivity contribution in [2.75, 3.05) is 0 Å². The zero-order chi connectivity index (χ0) is 21.7. The number of nitrogens with one attached hydrogen (secondary N) is 1. The Balaban J connectivity index is 1.94. The van der Waals surface area contributed by atoms with E-state index in [9.17, 15) is 9.59 Å². The summed E-state index contributed by atoms with van der Waals surface area (Å²) in [5.41, 5.74) is 0.426. The SMILES string of the molecule is CC(C)(C)OC(=O)c1nc(Cc2ccc(Br)cc2)[nH]c(=O)c1OCc1ccccc1. The summed E-state index contributed by atoms with van der Waals surface area (Å²) in [5.74, 6) is -0.489. The first kappa shape index (κ1) is 21.8. The van der Waals surface area contributed by atoms with Crippen LogP contribution in [0.15, 0.2) is 63.9 Å². The van der Waals surface area contributed by atoms with Gasteiger partial charge in [0.15, 0.2) is 5.69 Å². The molecule has 0 bridgehead atoms. The molecule has 3 rings (SSSR count). The Morgan fingerprint density at radius 2 is 1.70 bits per heavy atom. The van der Waals surface area contributed by atoms with Crippen molar-refractivity contribution in [2.45, 2.75) is 39.4 Å². The average molecular weight is 471 g/mol. The van der Waals surface area contributed by atoms with Gasteiger partial charge in [-0.25, -0.2) is 9.78 Å². The van der Waals surface area contributed by atoms with E-state index in [0.29, 0.717) is 12.2 Å². The molecule has 0 unspecified atom stereocenters. The molecule has 0 atom stereocenters. The van der Waals surface area contributed by atoms with Gasteiger partial charge in [-0.05, 0) is 44.0 Å². The zero-order valence-corrected chi connectivity index (χ0v) is 18.7. The fourth-order valence-corrected chi connectivity index (χ4v) is 2.98. The zero-order valence-electron chi connectivity index (χ0n) is 17.1. The van der Waals surface area contributed by atoms with E-state index in [1.807, 2.05) is 54.6 Å². The molecule has 1 aromatic heterocycles. The van der Waals surface area contributed by atoms with Crippen LogP contribution in [0.1, 0.15) is 48.2 Å². The molecule has 6 nitrogen and oxygen atoms in total. The normalized spacial score (nSPS) is 11.2. The number of ether oxygens (including phenoxy) is 2. The van der Waals surface area contributed by atoms with Crippen molar-refractivity contribution in [3.8, 4) is 5.75 Å². The van der Waals surface area contributed by atoms with E-state index in [4.69, 9.17) is 9.47 Å². The Labute approximate surface area is 183 Å². The van der Waals surface area contributed by atoms with E-state index in [0.717, 1.165) is 15.6 Å². The van der Waals surface area contributed by atoms with E-state index >= 15 is 0 Å². The van der Waals surface area contributed by atoms with Crippen molar-refractivity contribution in [3.63, 3.8) is 0 Å². The van der Waals surface area contributed by atoms with Crippen LogP contribution in [-0.2, 0) is 17.8 Å². The number of rotatable bonds is 6. The summed E-state index contributed by atoms with van der Waals surface area (Å²) >= 11 is 3.40. The second kappa shape index (κ2) is 9.26. The smallest absolute Gasteiger partial charge is 0.361 e. The van der Waals surface area contributed by atoms with Crippen LogP contribution in [-0.4, -0.2) is 21.5 Å². The lowest BCUT2D eigenvalue weighted by molar-refractivity contribution is 0.00573. The molecule has 0 aliphatic carbocycles. The minimum atomic E-state index is -0.732. The number of hydrogen-bond acceptors (Lipinski definition) is 5. The van der Waals surface area contributed by atoms with Crippen LogP contribution < -0.4 is 10.3 Å². The van der Waals surface area contributed by atoms with Crippen LogP contribution in [0, 0.1) is 0 Å². The van der Waals surface area contributed by atoms with Crippen LogP contribution in [0.2, 0.25) is 0 Å². The molecule has 1 heterocycles. The first-order chi connectivity index (χ1) is 14.2. The highest BCUT2D eigenvalue weighted by molar-refractivity contribution is 9.10. The van der Waals surface area contributed by atoms with Gasteiger partial charge in [0.05, 0.1) is 0 Å². The molecule has 7 heteroatoms. The molecule has 0 aliphatic rings. The van der Waals surface area contributed by atoms with Crippen LogP contribution in [0.4, 0.5) is 0 Å². The number of carbonyl (C=O) groups excluding carboxylic acids is 1. The van der Waals surface area contributed by atoms with Gasteiger partial charge in [-0.15, -0.1) is 0 Å². The maximum atomic E-state index is 12.8. The third kappa shape index (κ3) is 6.03. The van der Waals surface area contributed by atoms with Gasteiger partial charge in [0.25, 0.3) is 5.56 Å². The van der Waals surface area contributed by atoms with Crippen molar-refractivity contribution in [3.05, 3.63) is 92.1 Å². The summed E-state index contributed by atoms with van der Waals surface area (Å²) in [6.45, 7) is 5.40. The fraction of sp³-hybridized carbons (Fsp3) is 0.261. The van der Waals surface area contributed by atoms with E-state index in [1.165, 1.54) is 0 Å². The molecule has 156 valence electrons. The first-order valence-electron chi connectivity index (χ1n) is 9.49. The highest BCUT2D eigenvalue weighted by Crippen LogP contribution is 2.19. The number of esters is 1. The maximum Gasteiger partial charge on any atom is 0.361 e. The lowest BCUT2D eigenvalue weighted by Gasteiger charge is -2.20. The van der Waals surface area contributed by atoms with Crippen molar-refractivity contribution in [1.82, 2.24) is 9.97 Å². The lowest BCUT2D eigenvalue weighted by Crippen LogP contribution is -2.28. The van der Waals surface area contributed by atoms with Crippen LogP contribution >= 0.6 is 15.9 Å². The van der Waals surface area contributed by atoms with E-state index < -0.39 is 17.1 Å². The number of H-pyrrole nitrogens is 1. The van der Waals surface area contributed by atoms with Gasteiger partial charge in [-0.3, -0.25) is 4.79 Å². The molecule has 3 aromatic rings. The van der Waals surface area contributed by atoms with Crippen LogP contribution in [0.3, 0.4) is 0 Å². The number of aromatic nitrogens is 2. The number of benzene rings is 2. The summed E-state index contributed by atoms with van der Waals surface area (Å²) in [5, 5.41) is 0. The molecule has 0 amide bonds. The highest BCUT2D eigenvalue weighted by Gasteiger charge is 2.26. The molecule has 1 N–H and O–H groups in total. The lowest BCUT2D eigenvalue weighted by atomic mass is 10.1. The predicted molar refractivity (Wildman–Crippen MR) is 118 cm³/mol. The van der Waals surface area contributed by atoms with Gasteiger partial charge in [0, 0.05) is 10.9 Å². The van der Waals surface area contributed by atoms with Gasteiger partial charge in [-0.1, -0.05) is 58.4 Å². The number of halogens is 1. The Morgan fingerprint density at radius 1 is 1.03 bits per heavy atom. The Bertz CT molecular complexity index is 1070. The standard InChI is InChI=1S/C23H23BrN2O4/c1-23(2,3)30-22(28)19-20(29-14-16-7-5-4-6-8-16)21(27)26-18(25-19)13-15-9-11-17(24)12-10-15/h4-12H,13-14H2,1-3H3,(H,25,26,27). The molecular formula is C23H23BrN2O4. The monoisotopic (exact) mass is 470 g/mol. The van der Waals surface area contributed by atoms with E-state index in [2.05, 4.69) is 25.9 Å². The highest BCUT2D eigenvalue weighted by atomic mass is 79.9. The van der Waals surface area contributed by atoms with Crippen molar-refractivity contribution in [2.24, 2.45) is 0 Å². The third-order valence-electron chi connectivity index (χ3n) is 4.03. The molecule has 0 saturated heterocycles. The predicted octanol–water partition coefficient (Wildman–Crippen LogP) is 4.66. The topological polar surface area (TPSA) is 81.3 Å². The van der Waals surface area contributed by atoms with Crippen LogP contribution in [0.5, 0.6) is 5.75 Å². The molecule has 30 heavy (non-hydrogen) atoms. The molecule has 0 radical (unpaired) electrons. The number of carbonyl (C=O) groups is 1. The summed E-state index contributed by atoms with van der Waals surface area (Å²) < 4.78 is 12.1. The molecule has 0 aliphatic heterocycles. The van der Waals surface area contributed by atoms with Crippen molar-refractivity contribution in [1.29, 1.82) is 0 Å². The minimum Gasteiger partial charge on any atom is -0.481 e. The van der Waals surface area contributed by atoms with E-state index in [-0.39, 0.29) is 18.1 Å². The van der Waals surface area contributed by atoms with Gasteiger partial charge in [-0.2, -0.15) is 0 Å². The third-order valence-corrected chi connectivity index (χ3v) is 4.56. The minimum absolute atomic E-state index is 0.128. The van der Waals surface area contributed by atoms with Gasteiger partial charge in [0.1, 0.15) is 18.0 Å². The van der Waals surface area contributed by atoms with Gasteiger partial charge < -0.3 is 14.5 Å². The van der Waals surface area contributed by atoms with E-state index in [1.54, 1.807) is 20.8 Å². The molecule has 2 aromatic carbocycles. The van der Waals surface area contributed by atoms with Crippen LogP contribution in [0.25, 0.3) is 0 Å². The fourth-order valence-electron chi connectivity index (χ4n) is 2.72. The van der Waals surface area contributed by atoms with Gasteiger partial charge >= 0.3 is 5.97 Å². The summed E-state index contributed by atoms with van der Waals surface area (Å²) in [4.78, 5) is 32.6. The second-order valence-electron chi connectivity index (χ2n) is 7.77. The Morgan fingerprint density at radius 3 is 2.33 bits per heavy atom. The molecule has 0 spiro atoms. The maximum absolute atomic E-state index is 12.8.